The van der Waals surface area contributed by atoms with Crippen molar-refractivity contribution in [3.63, 3.8) is 0 Å². The van der Waals surface area contributed by atoms with Crippen LogP contribution >= 0.6 is 0 Å². The van der Waals surface area contributed by atoms with Crippen LogP contribution in [0.2, 0.25) is 0 Å². The quantitative estimate of drug-likeness (QED) is 0.831. The summed E-state index contributed by atoms with van der Waals surface area (Å²) < 4.78 is 14.7. The van der Waals surface area contributed by atoms with Gasteiger partial charge in [0, 0.05) is 16.9 Å². The Morgan fingerprint density at radius 1 is 1.00 bits per heavy atom. The van der Waals surface area contributed by atoms with Gasteiger partial charge < -0.3 is 10.6 Å². The second kappa shape index (κ2) is 4.76. The Kier molecular flexibility index (Phi) is 2.95. The highest BCUT2D eigenvalue weighted by molar-refractivity contribution is 5.73. The average molecular weight is 254 g/mol. The lowest BCUT2D eigenvalue weighted by Gasteiger charge is -2.33. The van der Waals surface area contributed by atoms with Gasteiger partial charge in [0.15, 0.2) is 6.30 Å². The smallest absolute Gasteiger partial charge is 0.198 e. The van der Waals surface area contributed by atoms with E-state index >= 15 is 0 Å². The zero-order valence-electron chi connectivity index (χ0n) is 10.5. The molecular weight excluding hydrogens is 239 g/mol. The van der Waals surface area contributed by atoms with Crippen LogP contribution in [0.5, 0.6) is 0 Å². The molecule has 0 saturated carbocycles. The second-order valence-corrected chi connectivity index (χ2v) is 4.65. The minimum Gasteiger partial charge on any atom is -0.401 e. The normalized spacial score (nSPS) is 15.6. The molecule has 1 aliphatic rings. The third-order valence-corrected chi connectivity index (χ3v) is 3.29. The lowest BCUT2D eigenvalue weighted by atomic mass is 10.0. The van der Waals surface area contributed by atoms with Gasteiger partial charge in [0.1, 0.15) is 0 Å². The average Bonchev–Trinajstić information content (AvgIpc) is 2.46. The fraction of sp³-hybridized carbons (Fsp3) is 0.125. The van der Waals surface area contributed by atoms with Gasteiger partial charge in [-0.15, -0.1) is 0 Å². The maximum atomic E-state index is 14.7. The van der Waals surface area contributed by atoms with E-state index in [1.807, 2.05) is 48.5 Å². The first kappa shape index (κ1) is 11.8. The van der Waals surface area contributed by atoms with Crippen LogP contribution in [0.15, 0.2) is 60.3 Å². The summed E-state index contributed by atoms with van der Waals surface area (Å²) in [7, 11) is 0. The van der Waals surface area contributed by atoms with E-state index in [9.17, 15) is 4.39 Å². The van der Waals surface area contributed by atoms with Crippen molar-refractivity contribution in [2.75, 3.05) is 11.4 Å². The number of hydrogen-bond acceptors (Lipinski definition) is 2. The highest BCUT2D eigenvalue weighted by Crippen LogP contribution is 2.34. The van der Waals surface area contributed by atoms with Crippen LogP contribution in [-0.2, 0) is 0 Å². The number of rotatable bonds is 2. The van der Waals surface area contributed by atoms with Gasteiger partial charge in [0.25, 0.3) is 0 Å². The van der Waals surface area contributed by atoms with Crippen LogP contribution in [0.3, 0.4) is 0 Å². The van der Waals surface area contributed by atoms with Crippen molar-refractivity contribution in [2.45, 2.75) is 6.30 Å². The first-order valence-corrected chi connectivity index (χ1v) is 6.26. The number of halogens is 1. The Labute approximate surface area is 112 Å². The number of alkyl halides is 1. The summed E-state index contributed by atoms with van der Waals surface area (Å²) in [4.78, 5) is 1.69. The molecule has 0 aromatic heterocycles. The summed E-state index contributed by atoms with van der Waals surface area (Å²) in [6.07, 6.45) is 0.721. The first-order chi connectivity index (χ1) is 9.25. The predicted molar refractivity (Wildman–Crippen MR) is 76.2 cm³/mol. The molecule has 0 spiro atoms. The Hall–Kier alpha value is -2.29. The number of nitrogens with two attached hydrogens (primary N) is 1. The van der Waals surface area contributed by atoms with Gasteiger partial charge >= 0.3 is 0 Å². The third-order valence-electron chi connectivity index (χ3n) is 3.29. The molecule has 3 heteroatoms. The molecule has 2 nitrogen and oxygen atoms in total. The van der Waals surface area contributed by atoms with Crippen LogP contribution in [0.4, 0.5) is 10.1 Å². The van der Waals surface area contributed by atoms with Gasteiger partial charge in [-0.25, -0.2) is 4.39 Å². The van der Waals surface area contributed by atoms with Crippen LogP contribution in [-0.4, -0.2) is 6.54 Å². The summed E-state index contributed by atoms with van der Waals surface area (Å²) in [6, 6.07) is 16.9. The van der Waals surface area contributed by atoms with Crippen molar-refractivity contribution in [1.29, 1.82) is 0 Å². The zero-order valence-corrected chi connectivity index (χ0v) is 10.5. The molecule has 96 valence electrons. The van der Waals surface area contributed by atoms with Gasteiger partial charge in [0.05, 0.1) is 6.54 Å². The lowest BCUT2D eigenvalue weighted by Crippen LogP contribution is -2.33. The number of nitrogens with zero attached hydrogens (tertiary/aromatic N) is 1. The molecule has 3 rings (SSSR count). The minimum absolute atomic E-state index is 0.410. The summed E-state index contributed by atoms with van der Waals surface area (Å²) in [5.41, 5.74) is 9.08. The molecule has 0 aliphatic carbocycles. The summed E-state index contributed by atoms with van der Waals surface area (Å²) in [5, 5.41) is 0. The van der Waals surface area contributed by atoms with E-state index in [1.54, 1.807) is 17.0 Å². The van der Waals surface area contributed by atoms with Gasteiger partial charge in [-0.3, -0.25) is 0 Å². The Balaban J connectivity index is 2.00. The van der Waals surface area contributed by atoms with Crippen molar-refractivity contribution in [3.05, 3.63) is 71.4 Å². The molecule has 1 atom stereocenters. The zero-order chi connectivity index (χ0) is 13.2. The van der Waals surface area contributed by atoms with Gasteiger partial charge in [-0.05, 0) is 17.7 Å². The molecule has 19 heavy (non-hydrogen) atoms. The second-order valence-electron chi connectivity index (χ2n) is 4.65. The molecule has 0 saturated heterocycles. The molecule has 0 amide bonds. The van der Waals surface area contributed by atoms with Gasteiger partial charge in [-0.2, -0.15) is 0 Å². The SMILES string of the molecule is NC1=Cc2ccccc2N(C(F)c2ccccc2)C1. The van der Waals surface area contributed by atoms with Gasteiger partial charge in [0.2, 0.25) is 0 Å². The summed E-state index contributed by atoms with van der Waals surface area (Å²) >= 11 is 0. The molecule has 0 radical (unpaired) electrons. The number of hydrogen-bond donors (Lipinski definition) is 1. The summed E-state index contributed by atoms with van der Waals surface area (Å²) in [5.74, 6) is 0. The molecule has 0 fully saturated rings. The van der Waals surface area contributed by atoms with Crippen molar-refractivity contribution in [2.24, 2.45) is 5.73 Å². The fourth-order valence-corrected chi connectivity index (χ4v) is 2.39. The van der Waals surface area contributed by atoms with E-state index < -0.39 is 6.30 Å². The van der Waals surface area contributed by atoms with E-state index in [4.69, 9.17) is 5.73 Å². The molecule has 1 heterocycles. The van der Waals surface area contributed by atoms with Crippen molar-refractivity contribution >= 4 is 11.8 Å². The largest absolute Gasteiger partial charge is 0.401 e. The van der Waals surface area contributed by atoms with Gasteiger partial charge in [-0.1, -0.05) is 48.5 Å². The Morgan fingerprint density at radius 2 is 1.68 bits per heavy atom. The standard InChI is InChI=1S/C16H15FN2/c17-16(12-6-2-1-3-7-12)19-11-14(18)10-13-8-4-5-9-15(13)19/h1-10,16H,11,18H2. The van der Waals surface area contributed by atoms with Crippen LogP contribution < -0.4 is 10.6 Å². The third kappa shape index (κ3) is 2.19. The van der Waals surface area contributed by atoms with E-state index in [2.05, 4.69) is 0 Å². The molecule has 0 bridgehead atoms. The van der Waals surface area contributed by atoms with E-state index in [0.29, 0.717) is 17.8 Å². The number of anilines is 1. The number of para-hydroxylation sites is 1. The maximum absolute atomic E-state index is 14.7. The highest BCUT2D eigenvalue weighted by Gasteiger charge is 2.24. The summed E-state index contributed by atoms with van der Waals surface area (Å²) in [6.45, 7) is 0.410. The van der Waals surface area contributed by atoms with Crippen LogP contribution in [0.1, 0.15) is 17.4 Å². The molecule has 1 unspecified atom stereocenters. The monoisotopic (exact) mass is 254 g/mol. The number of benzene rings is 2. The van der Waals surface area contributed by atoms with E-state index in [1.165, 1.54) is 0 Å². The Bertz CT molecular complexity index is 607. The topological polar surface area (TPSA) is 29.3 Å². The fourth-order valence-electron chi connectivity index (χ4n) is 2.39. The molecule has 2 aromatic carbocycles. The molecule has 2 aromatic rings. The molecule has 1 aliphatic heterocycles. The van der Waals surface area contributed by atoms with Crippen molar-refractivity contribution < 1.29 is 4.39 Å². The predicted octanol–water partition coefficient (Wildman–Crippen LogP) is 3.47. The lowest BCUT2D eigenvalue weighted by molar-refractivity contribution is 0.331. The molecule has 2 N–H and O–H groups in total. The van der Waals surface area contributed by atoms with Crippen molar-refractivity contribution in [1.82, 2.24) is 0 Å². The number of fused-ring (bicyclic) bond motifs is 1. The van der Waals surface area contributed by atoms with E-state index in [0.717, 1.165) is 11.3 Å². The van der Waals surface area contributed by atoms with Crippen LogP contribution in [0, 0.1) is 0 Å². The van der Waals surface area contributed by atoms with Crippen molar-refractivity contribution in [3.8, 4) is 0 Å². The van der Waals surface area contributed by atoms with E-state index in [-0.39, 0.29) is 0 Å². The Morgan fingerprint density at radius 3 is 2.47 bits per heavy atom. The first-order valence-electron chi connectivity index (χ1n) is 6.26. The minimum atomic E-state index is -1.19. The van der Waals surface area contributed by atoms with Crippen LogP contribution in [0.25, 0.3) is 6.08 Å². The molecular formula is C16H15FN2. The highest BCUT2D eigenvalue weighted by atomic mass is 19.1. The maximum Gasteiger partial charge on any atom is 0.198 e.